The average molecular weight is 298 g/mol. The maximum absolute atomic E-state index is 12.5. The van der Waals surface area contributed by atoms with Crippen molar-refractivity contribution in [3.63, 3.8) is 0 Å². The molecule has 0 radical (unpaired) electrons. The van der Waals surface area contributed by atoms with Crippen molar-refractivity contribution in [3.8, 4) is 0 Å². The molecular weight excluding hydrogens is 272 g/mol. The van der Waals surface area contributed by atoms with Gasteiger partial charge in [0, 0.05) is 11.2 Å². The summed E-state index contributed by atoms with van der Waals surface area (Å²) in [6.45, 7) is 4.86. The number of urea groups is 1. The molecule has 22 heavy (non-hydrogen) atoms. The molecule has 4 saturated carbocycles. The molecule has 4 bridgehead atoms. The molecular formula is C19H26N2O. The molecule has 2 unspecified atom stereocenters. The molecule has 2 amide bonds. The summed E-state index contributed by atoms with van der Waals surface area (Å²) in [5, 5.41) is 6.37. The number of hydrogen-bond acceptors (Lipinski definition) is 1. The second-order valence-electron chi connectivity index (χ2n) is 8.86. The van der Waals surface area contributed by atoms with Crippen molar-refractivity contribution in [1.29, 1.82) is 0 Å². The first-order valence-corrected chi connectivity index (χ1v) is 8.52. The smallest absolute Gasteiger partial charge is 0.319 e. The van der Waals surface area contributed by atoms with Crippen LogP contribution in [0.3, 0.4) is 0 Å². The number of carbonyl (C=O) groups excluding carboxylic acids is 1. The lowest BCUT2D eigenvalue weighted by Crippen LogP contribution is -2.65. The largest absolute Gasteiger partial charge is 0.332 e. The molecule has 2 atom stereocenters. The molecule has 3 nitrogen and oxygen atoms in total. The second-order valence-corrected chi connectivity index (χ2v) is 8.86. The highest BCUT2D eigenvalue weighted by Gasteiger charge is 2.60. The molecule has 0 saturated heterocycles. The Morgan fingerprint density at radius 1 is 1.00 bits per heavy atom. The molecule has 3 heteroatoms. The van der Waals surface area contributed by atoms with E-state index in [0.717, 1.165) is 24.4 Å². The Bertz CT molecular complexity index is 579. The third kappa shape index (κ3) is 2.41. The van der Waals surface area contributed by atoms with Crippen molar-refractivity contribution in [1.82, 2.24) is 5.32 Å². The quantitative estimate of drug-likeness (QED) is 0.826. The highest BCUT2D eigenvalue weighted by Crippen LogP contribution is 2.66. The minimum absolute atomic E-state index is 0.0157. The number of hydrogen-bond donors (Lipinski definition) is 2. The molecule has 1 aromatic carbocycles. The van der Waals surface area contributed by atoms with Crippen LogP contribution in [0.2, 0.25) is 0 Å². The lowest BCUT2D eigenvalue weighted by Gasteiger charge is -2.65. The van der Waals surface area contributed by atoms with Gasteiger partial charge in [0.05, 0.1) is 0 Å². The number of rotatable bonds is 2. The number of benzene rings is 1. The normalized spacial score (nSPS) is 42.2. The van der Waals surface area contributed by atoms with E-state index in [0.29, 0.717) is 10.8 Å². The van der Waals surface area contributed by atoms with Crippen LogP contribution in [0.15, 0.2) is 30.3 Å². The van der Waals surface area contributed by atoms with Crippen LogP contribution in [0.25, 0.3) is 0 Å². The van der Waals surface area contributed by atoms with Gasteiger partial charge in [-0.1, -0.05) is 32.0 Å². The van der Waals surface area contributed by atoms with E-state index in [1.165, 1.54) is 25.7 Å². The van der Waals surface area contributed by atoms with Crippen molar-refractivity contribution in [2.24, 2.45) is 16.7 Å². The molecule has 4 aliphatic carbocycles. The van der Waals surface area contributed by atoms with Crippen LogP contribution < -0.4 is 10.6 Å². The molecule has 0 spiro atoms. The van der Waals surface area contributed by atoms with Crippen LogP contribution in [0.4, 0.5) is 10.5 Å². The number of para-hydroxylation sites is 1. The molecule has 0 aromatic heterocycles. The van der Waals surface area contributed by atoms with Gasteiger partial charge in [-0.15, -0.1) is 0 Å². The Hall–Kier alpha value is -1.51. The second kappa shape index (κ2) is 4.50. The van der Waals surface area contributed by atoms with E-state index >= 15 is 0 Å². The Kier molecular flexibility index (Phi) is 2.88. The van der Waals surface area contributed by atoms with Gasteiger partial charge in [-0.3, -0.25) is 0 Å². The standard InChI is InChI=1S/C19H26N2O/c1-17-8-14-9-18(2,11-17)13-19(10-14,12-17)21-16(22)20-15-6-4-3-5-7-15/h3-7,14H,8-13H2,1-2H3,(H2,20,21,22). The summed E-state index contributed by atoms with van der Waals surface area (Å²) in [6, 6.07) is 9.68. The fraction of sp³-hybridized carbons (Fsp3) is 0.632. The summed E-state index contributed by atoms with van der Waals surface area (Å²) in [6.07, 6.45) is 7.50. The van der Waals surface area contributed by atoms with Gasteiger partial charge in [0.15, 0.2) is 0 Å². The van der Waals surface area contributed by atoms with E-state index in [1.807, 2.05) is 30.3 Å². The minimum atomic E-state index is -0.0413. The summed E-state index contributed by atoms with van der Waals surface area (Å²) in [4.78, 5) is 12.5. The van der Waals surface area contributed by atoms with Crippen molar-refractivity contribution in [2.45, 2.75) is 57.9 Å². The zero-order valence-corrected chi connectivity index (χ0v) is 13.6. The van der Waals surface area contributed by atoms with Crippen LogP contribution in [0, 0.1) is 16.7 Å². The van der Waals surface area contributed by atoms with Crippen LogP contribution in [-0.4, -0.2) is 11.6 Å². The van der Waals surface area contributed by atoms with Crippen molar-refractivity contribution in [3.05, 3.63) is 30.3 Å². The summed E-state index contributed by atoms with van der Waals surface area (Å²) in [5.74, 6) is 0.795. The predicted octanol–water partition coefficient (Wildman–Crippen LogP) is 4.56. The third-order valence-electron chi connectivity index (χ3n) is 6.04. The van der Waals surface area contributed by atoms with Gasteiger partial charge < -0.3 is 10.6 Å². The van der Waals surface area contributed by atoms with Gasteiger partial charge in [-0.2, -0.15) is 0 Å². The maximum atomic E-state index is 12.5. The van der Waals surface area contributed by atoms with Crippen molar-refractivity contribution < 1.29 is 4.79 Å². The first-order valence-electron chi connectivity index (χ1n) is 8.52. The Labute approximate surface area is 132 Å². The highest BCUT2D eigenvalue weighted by atomic mass is 16.2. The molecule has 5 rings (SSSR count). The molecule has 0 heterocycles. The summed E-state index contributed by atoms with van der Waals surface area (Å²) in [5.41, 5.74) is 1.73. The van der Waals surface area contributed by atoms with E-state index in [1.54, 1.807) is 0 Å². The summed E-state index contributed by atoms with van der Waals surface area (Å²) < 4.78 is 0. The minimum Gasteiger partial charge on any atom is -0.332 e. The third-order valence-corrected chi connectivity index (χ3v) is 6.04. The maximum Gasteiger partial charge on any atom is 0.319 e. The molecule has 4 aliphatic rings. The van der Waals surface area contributed by atoms with Gasteiger partial charge in [0.1, 0.15) is 0 Å². The van der Waals surface area contributed by atoms with Gasteiger partial charge in [0.2, 0.25) is 0 Å². The topological polar surface area (TPSA) is 41.1 Å². The highest BCUT2D eigenvalue weighted by molar-refractivity contribution is 5.89. The van der Waals surface area contributed by atoms with Gasteiger partial charge in [0.25, 0.3) is 0 Å². The van der Waals surface area contributed by atoms with Gasteiger partial charge >= 0.3 is 6.03 Å². The van der Waals surface area contributed by atoms with Crippen molar-refractivity contribution in [2.75, 3.05) is 5.32 Å². The number of carbonyl (C=O) groups is 1. The SMILES string of the molecule is CC12CC3CC(C)(C1)CC(NC(=O)Nc1ccccc1)(C3)C2. The van der Waals surface area contributed by atoms with E-state index in [9.17, 15) is 4.79 Å². The Balaban J connectivity index is 1.51. The van der Waals surface area contributed by atoms with Crippen LogP contribution in [0.1, 0.15) is 52.4 Å². The van der Waals surface area contributed by atoms with Gasteiger partial charge in [-0.05, 0) is 67.4 Å². The first kappa shape index (κ1) is 14.1. The van der Waals surface area contributed by atoms with E-state index < -0.39 is 0 Å². The summed E-state index contributed by atoms with van der Waals surface area (Å²) >= 11 is 0. The van der Waals surface area contributed by atoms with E-state index in [-0.39, 0.29) is 11.6 Å². The molecule has 0 aliphatic heterocycles. The van der Waals surface area contributed by atoms with E-state index in [4.69, 9.17) is 0 Å². The number of nitrogens with one attached hydrogen (secondary N) is 2. The molecule has 2 N–H and O–H groups in total. The summed E-state index contributed by atoms with van der Waals surface area (Å²) in [7, 11) is 0. The predicted molar refractivity (Wildman–Crippen MR) is 88.7 cm³/mol. The Morgan fingerprint density at radius 2 is 1.64 bits per heavy atom. The zero-order valence-electron chi connectivity index (χ0n) is 13.6. The number of anilines is 1. The van der Waals surface area contributed by atoms with Crippen LogP contribution >= 0.6 is 0 Å². The lowest BCUT2D eigenvalue weighted by molar-refractivity contribution is -0.113. The average Bonchev–Trinajstić information content (AvgIpc) is 2.34. The fourth-order valence-corrected chi connectivity index (χ4v) is 6.51. The molecule has 118 valence electrons. The first-order chi connectivity index (χ1) is 10.4. The lowest BCUT2D eigenvalue weighted by atomic mass is 9.43. The Morgan fingerprint density at radius 3 is 2.23 bits per heavy atom. The van der Waals surface area contributed by atoms with Crippen molar-refractivity contribution >= 4 is 11.7 Å². The van der Waals surface area contributed by atoms with Crippen LogP contribution in [0.5, 0.6) is 0 Å². The number of amides is 2. The van der Waals surface area contributed by atoms with Gasteiger partial charge in [-0.25, -0.2) is 4.79 Å². The van der Waals surface area contributed by atoms with E-state index in [2.05, 4.69) is 24.5 Å². The fourth-order valence-electron chi connectivity index (χ4n) is 6.51. The monoisotopic (exact) mass is 298 g/mol. The van der Waals surface area contributed by atoms with Crippen LogP contribution in [-0.2, 0) is 0 Å². The zero-order chi connectivity index (χ0) is 15.4. The molecule has 1 aromatic rings. The molecule has 4 fully saturated rings.